The zero-order valence-electron chi connectivity index (χ0n) is 11.5. The van der Waals surface area contributed by atoms with E-state index >= 15 is 0 Å². The van der Waals surface area contributed by atoms with Crippen LogP contribution in [-0.2, 0) is 9.59 Å². The molecule has 1 aliphatic carbocycles. The number of carbonyl (C=O) groups is 3. The molecule has 1 unspecified atom stereocenters. The van der Waals surface area contributed by atoms with Crippen LogP contribution < -0.4 is 10.6 Å². The summed E-state index contributed by atoms with van der Waals surface area (Å²) in [4.78, 5) is 36.7. The normalized spacial score (nSPS) is 27.8. The fraction of sp³-hybridized carbons (Fsp3) is 0.769. The second-order valence-electron chi connectivity index (χ2n) is 5.56. The van der Waals surface area contributed by atoms with E-state index in [0.717, 1.165) is 30.6 Å². The van der Waals surface area contributed by atoms with Gasteiger partial charge < -0.3 is 10.6 Å². The lowest BCUT2D eigenvalue weighted by molar-refractivity contribution is -0.134. The second kappa shape index (κ2) is 5.19. The topological polar surface area (TPSA) is 78.5 Å². The predicted molar refractivity (Wildman–Crippen MR) is 69.3 cm³/mol. The average molecular weight is 267 g/mol. The lowest BCUT2D eigenvalue weighted by Gasteiger charge is -2.19. The maximum atomic E-state index is 12.1. The third kappa shape index (κ3) is 2.72. The third-order valence-corrected chi connectivity index (χ3v) is 4.07. The van der Waals surface area contributed by atoms with Gasteiger partial charge in [-0.15, -0.1) is 0 Å². The molecule has 0 aromatic rings. The minimum absolute atomic E-state index is 0.184. The molecule has 6 heteroatoms. The zero-order valence-corrected chi connectivity index (χ0v) is 11.5. The van der Waals surface area contributed by atoms with Crippen LogP contribution in [0, 0.1) is 0 Å². The van der Waals surface area contributed by atoms with E-state index < -0.39 is 11.6 Å². The molecule has 1 atom stereocenters. The van der Waals surface area contributed by atoms with Gasteiger partial charge in [0.2, 0.25) is 5.91 Å². The largest absolute Gasteiger partial charge is 0.352 e. The zero-order chi connectivity index (χ0) is 14.0. The van der Waals surface area contributed by atoms with E-state index in [0.29, 0.717) is 6.42 Å². The van der Waals surface area contributed by atoms with Gasteiger partial charge in [-0.05, 0) is 26.2 Å². The van der Waals surface area contributed by atoms with E-state index in [4.69, 9.17) is 0 Å². The molecule has 0 radical (unpaired) electrons. The molecule has 2 N–H and O–H groups in total. The molecule has 2 fully saturated rings. The molecule has 6 nitrogen and oxygen atoms in total. The molecular formula is C13H21N3O3. The molecule has 1 heterocycles. The van der Waals surface area contributed by atoms with Crippen LogP contribution >= 0.6 is 0 Å². The van der Waals surface area contributed by atoms with Gasteiger partial charge in [0.15, 0.2) is 0 Å². The van der Waals surface area contributed by atoms with Crippen LogP contribution in [0.25, 0.3) is 0 Å². The van der Waals surface area contributed by atoms with Crippen molar-refractivity contribution in [1.82, 2.24) is 15.5 Å². The van der Waals surface area contributed by atoms with E-state index in [-0.39, 0.29) is 24.4 Å². The number of amides is 4. The molecule has 1 saturated heterocycles. The molecule has 0 aromatic carbocycles. The Morgan fingerprint density at radius 2 is 2.05 bits per heavy atom. The van der Waals surface area contributed by atoms with Crippen molar-refractivity contribution in [2.45, 2.75) is 57.5 Å². The van der Waals surface area contributed by atoms with Gasteiger partial charge >= 0.3 is 6.03 Å². The van der Waals surface area contributed by atoms with E-state index in [9.17, 15) is 14.4 Å². The summed E-state index contributed by atoms with van der Waals surface area (Å²) in [5, 5.41) is 5.52. The predicted octanol–water partition coefficient (Wildman–Crippen LogP) is 0.766. The Kier molecular flexibility index (Phi) is 3.78. The lowest BCUT2D eigenvalue weighted by Crippen LogP contribution is -2.45. The smallest absolute Gasteiger partial charge is 0.325 e. The van der Waals surface area contributed by atoms with Gasteiger partial charge in [-0.2, -0.15) is 0 Å². The summed E-state index contributed by atoms with van der Waals surface area (Å²) >= 11 is 0. The summed E-state index contributed by atoms with van der Waals surface area (Å²) < 4.78 is 0. The molecule has 2 aliphatic rings. The van der Waals surface area contributed by atoms with Crippen molar-refractivity contribution in [2.24, 2.45) is 0 Å². The van der Waals surface area contributed by atoms with Crippen LogP contribution in [0.5, 0.6) is 0 Å². The van der Waals surface area contributed by atoms with Gasteiger partial charge in [-0.25, -0.2) is 4.79 Å². The highest BCUT2D eigenvalue weighted by Gasteiger charge is 2.47. The van der Waals surface area contributed by atoms with Gasteiger partial charge in [-0.1, -0.05) is 19.8 Å². The summed E-state index contributed by atoms with van der Waals surface area (Å²) in [5.74, 6) is -0.572. The van der Waals surface area contributed by atoms with Crippen LogP contribution in [0.2, 0.25) is 0 Å². The Morgan fingerprint density at radius 1 is 1.42 bits per heavy atom. The second-order valence-corrected chi connectivity index (χ2v) is 5.56. The van der Waals surface area contributed by atoms with Crippen LogP contribution in [0.4, 0.5) is 4.79 Å². The SMILES string of the molecule is CCC1(C)NC(=O)N(CC(=O)NC2CCCC2)C1=O. The first-order valence-corrected chi connectivity index (χ1v) is 6.90. The molecule has 19 heavy (non-hydrogen) atoms. The number of hydrogen-bond acceptors (Lipinski definition) is 3. The number of urea groups is 1. The van der Waals surface area contributed by atoms with E-state index in [1.807, 2.05) is 6.92 Å². The molecule has 1 saturated carbocycles. The van der Waals surface area contributed by atoms with Crippen LogP contribution in [0.1, 0.15) is 46.0 Å². The number of hydrogen-bond donors (Lipinski definition) is 2. The summed E-state index contributed by atoms with van der Waals surface area (Å²) in [5.41, 5.74) is -0.870. The first kappa shape index (κ1) is 13.8. The molecule has 0 aromatic heterocycles. The standard InChI is InChI=1S/C13H21N3O3/c1-3-13(2)11(18)16(12(19)15-13)8-10(17)14-9-6-4-5-7-9/h9H,3-8H2,1-2H3,(H,14,17)(H,15,19). The molecule has 106 valence electrons. The third-order valence-electron chi connectivity index (χ3n) is 4.07. The molecule has 2 rings (SSSR count). The Balaban J connectivity index is 1.93. The van der Waals surface area contributed by atoms with Crippen molar-refractivity contribution in [1.29, 1.82) is 0 Å². The average Bonchev–Trinajstić information content (AvgIpc) is 2.93. The Labute approximate surface area is 112 Å². The number of nitrogens with one attached hydrogen (secondary N) is 2. The fourth-order valence-corrected chi connectivity index (χ4v) is 2.62. The molecule has 0 bridgehead atoms. The summed E-state index contributed by atoms with van der Waals surface area (Å²) in [6.45, 7) is 3.33. The van der Waals surface area contributed by atoms with Crippen LogP contribution in [0.3, 0.4) is 0 Å². The number of carbonyl (C=O) groups excluding carboxylic acids is 3. The van der Waals surface area contributed by atoms with Crippen molar-refractivity contribution in [3.63, 3.8) is 0 Å². The van der Waals surface area contributed by atoms with Crippen molar-refractivity contribution in [2.75, 3.05) is 6.54 Å². The van der Waals surface area contributed by atoms with Gasteiger partial charge in [0, 0.05) is 6.04 Å². The summed E-state index contributed by atoms with van der Waals surface area (Å²) in [7, 11) is 0. The van der Waals surface area contributed by atoms with Crippen molar-refractivity contribution in [3.05, 3.63) is 0 Å². The fourth-order valence-electron chi connectivity index (χ4n) is 2.62. The number of imide groups is 1. The summed E-state index contributed by atoms with van der Waals surface area (Å²) in [6.07, 6.45) is 4.74. The van der Waals surface area contributed by atoms with Gasteiger partial charge in [0.25, 0.3) is 5.91 Å². The Morgan fingerprint density at radius 3 is 2.58 bits per heavy atom. The molecule has 1 aliphatic heterocycles. The Bertz CT molecular complexity index is 404. The van der Waals surface area contributed by atoms with E-state index in [1.165, 1.54) is 0 Å². The minimum atomic E-state index is -0.870. The quantitative estimate of drug-likeness (QED) is 0.738. The van der Waals surface area contributed by atoms with Gasteiger partial charge in [0.1, 0.15) is 12.1 Å². The summed E-state index contributed by atoms with van der Waals surface area (Å²) in [6, 6.07) is -0.276. The van der Waals surface area contributed by atoms with Gasteiger partial charge in [0.05, 0.1) is 0 Å². The lowest BCUT2D eigenvalue weighted by atomic mass is 9.99. The first-order chi connectivity index (χ1) is 8.96. The highest BCUT2D eigenvalue weighted by molar-refractivity contribution is 6.08. The number of rotatable bonds is 4. The van der Waals surface area contributed by atoms with E-state index in [1.54, 1.807) is 6.92 Å². The maximum Gasteiger partial charge on any atom is 0.325 e. The molecule has 4 amide bonds. The maximum absolute atomic E-state index is 12.1. The van der Waals surface area contributed by atoms with Crippen LogP contribution in [0.15, 0.2) is 0 Å². The minimum Gasteiger partial charge on any atom is -0.352 e. The Hall–Kier alpha value is -1.59. The van der Waals surface area contributed by atoms with Crippen molar-refractivity contribution >= 4 is 17.8 Å². The molecular weight excluding hydrogens is 246 g/mol. The highest BCUT2D eigenvalue weighted by atomic mass is 16.2. The monoisotopic (exact) mass is 267 g/mol. The van der Waals surface area contributed by atoms with Crippen molar-refractivity contribution in [3.8, 4) is 0 Å². The number of nitrogens with zero attached hydrogens (tertiary/aromatic N) is 1. The van der Waals surface area contributed by atoms with Crippen LogP contribution in [-0.4, -0.2) is 40.9 Å². The van der Waals surface area contributed by atoms with Crippen molar-refractivity contribution < 1.29 is 14.4 Å². The van der Waals surface area contributed by atoms with E-state index in [2.05, 4.69) is 10.6 Å². The molecule has 0 spiro atoms. The first-order valence-electron chi connectivity index (χ1n) is 6.90. The highest BCUT2D eigenvalue weighted by Crippen LogP contribution is 2.21. The van der Waals surface area contributed by atoms with Gasteiger partial charge in [-0.3, -0.25) is 14.5 Å².